The fourth-order valence-electron chi connectivity index (χ4n) is 9.32. The third-order valence-corrected chi connectivity index (χ3v) is 15.4. The molecule has 76 heavy (non-hydrogen) atoms. The zero-order valence-corrected chi connectivity index (χ0v) is 51.6. The lowest BCUT2D eigenvalue weighted by atomic mass is 10.0. The Labute approximate surface area is 472 Å². The second-order valence-electron chi connectivity index (χ2n) is 23.1. The molecule has 0 fully saturated rings. The maximum absolute atomic E-state index is 13.0. The molecule has 8 nitrogen and oxygen atoms in total. The summed E-state index contributed by atoms with van der Waals surface area (Å²) in [5, 5.41) is 13.9. The number of nitrogens with one attached hydrogen (secondary N) is 1. The molecule has 0 spiro atoms. The standard InChI is InChI=1S/C67H125N2O6P/c1-6-8-10-12-14-16-18-20-22-24-26-28-29-30-31-32-33-34-35-36-37-38-39-41-43-45-47-49-51-53-55-57-59-61-67(71)68-65(64-75-76(72,73)74-63-62-69(3,4)5)66(70)60-58-56-54-52-50-48-46-44-42-40-27-25-23-21-19-17-15-13-11-9-7-2/h18,20,24,26,29-30,42,44,50,52,58,60,65-66,70H,6-17,19,21-23,25,27-28,31-41,43,45-49,51,53-57,59,61-64H2,1-5H3,(H-,68,71,72,73)/p+1/b20-18-,26-24-,30-29-,44-42+,52-50+,60-58+. The summed E-state index contributed by atoms with van der Waals surface area (Å²) in [5.41, 5.74) is 0. The van der Waals surface area contributed by atoms with Gasteiger partial charge in [0.05, 0.1) is 39.9 Å². The van der Waals surface area contributed by atoms with Gasteiger partial charge in [0, 0.05) is 6.42 Å². The Morgan fingerprint density at radius 2 is 0.763 bits per heavy atom. The molecular weight excluding hydrogens is 960 g/mol. The monoisotopic (exact) mass is 1090 g/mol. The summed E-state index contributed by atoms with van der Waals surface area (Å²) in [4.78, 5) is 23.4. The second-order valence-corrected chi connectivity index (χ2v) is 24.6. The quantitative estimate of drug-likeness (QED) is 0.0243. The van der Waals surface area contributed by atoms with E-state index in [0.717, 1.165) is 57.8 Å². The molecule has 3 atom stereocenters. The molecule has 0 saturated heterocycles. The Bertz CT molecular complexity index is 1470. The number of quaternary nitrogens is 1. The number of aliphatic hydroxyl groups excluding tert-OH is 1. The molecule has 0 bridgehead atoms. The first-order valence-corrected chi connectivity index (χ1v) is 33.8. The van der Waals surface area contributed by atoms with Crippen LogP contribution in [0.3, 0.4) is 0 Å². The van der Waals surface area contributed by atoms with Crippen LogP contribution in [0.1, 0.15) is 296 Å². The van der Waals surface area contributed by atoms with Crippen molar-refractivity contribution in [2.45, 2.75) is 309 Å². The molecule has 0 aromatic carbocycles. The predicted molar refractivity (Wildman–Crippen MR) is 332 cm³/mol. The number of rotatable bonds is 59. The lowest BCUT2D eigenvalue weighted by Crippen LogP contribution is -2.45. The first-order chi connectivity index (χ1) is 37.0. The molecule has 0 aromatic rings. The van der Waals surface area contributed by atoms with Gasteiger partial charge in [0.25, 0.3) is 0 Å². The maximum atomic E-state index is 13.0. The van der Waals surface area contributed by atoms with Crippen molar-refractivity contribution in [1.82, 2.24) is 5.32 Å². The minimum Gasteiger partial charge on any atom is -0.387 e. The van der Waals surface area contributed by atoms with Crippen molar-refractivity contribution in [2.24, 2.45) is 0 Å². The average molecular weight is 1090 g/mol. The van der Waals surface area contributed by atoms with Crippen LogP contribution in [0.2, 0.25) is 0 Å². The molecule has 0 saturated carbocycles. The van der Waals surface area contributed by atoms with Gasteiger partial charge in [-0.25, -0.2) is 4.57 Å². The zero-order valence-electron chi connectivity index (χ0n) is 50.7. The molecule has 0 radical (unpaired) electrons. The van der Waals surface area contributed by atoms with Crippen LogP contribution in [0.15, 0.2) is 72.9 Å². The number of likely N-dealkylation sites (N-methyl/N-ethyl adjacent to an activating group) is 1. The van der Waals surface area contributed by atoms with Gasteiger partial charge in [-0.2, -0.15) is 0 Å². The van der Waals surface area contributed by atoms with Gasteiger partial charge in [0.2, 0.25) is 5.91 Å². The summed E-state index contributed by atoms with van der Waals surface area (Å²) in [6.45, 7) is 4.80. The van der Waals surface area contributed by atoms with E-state index in [1.807, 2.05) is 27.2 Å². The van der Waals surface area contributed by atoms with Crippen molar-refractivity contribution < 1.29 is 32.9 Å². The van der Waals surface area contributed by atoms with E-state index in [2.05, 4.69) is 79.9 Å². The van der Waals surface area contributed by atoms with E-state index in [1.54, 1.807) is 6.08 Å². The Kier molecular flexibility index (Phi) is 56.1. The summed E-state index contributed by atoms with van der Waals surface area (Å²) in [7, 11) is 1.55. The van der Waals surface area contributed by atoms with E-state index in [9.17, 15) is 19.4 Å². The first-order valence-electron chi connectivity index (χ1n) is 32.3. The van der Waals surface area contributed by atoms with Gasteiger partial charge >= 0.3 is 7.82 Å². The van der Waals surface area contributed by atoms with Crippen molar-refractivity contribution in [3.63, 3.8) is 0 Å². The third-order valence-electron chi connectivity index (χ3n) is 14.4. The van der Waals surface area contributed by atoms with Gasteiger partial charge in [-0.3, -0.25) is 13.8 Å². The van der Waals surface area contributed by atoms with E-state index in [0.29, 0.717) is 17.4 Å². The molecule has 0 aliphatic carbocycles. The molecule has 444 valence electrons. The highest BCUT2D eigenvalue weighted by molar-refractivity contribution is 7.47. The fraction of sp³-hybridized carbons (Fsp3) is 0.806. The molecule has 0 rings (SSSR count). The number of carbonyl (C=O) groups is 1. The predicted octanol–water partition coefficient (Wildman–Crippen LogP) is 20.2. The molecular formula is C67H126N2O6P+. The largest absolute Gasteiger partial charge is 0.472 e. The van der Waals surface area contributed by atoms with Gasteiger partial charge in [-0.1, -0.05) is 279 Å². The molecule has 3 unspecified atom stereocenters. The van der Waals surface area contributed by atoms with Gasteiger partial charge in [-0.15, -0.1) is 0 Å². The Balaban J connectivity index is 4.13. The number of hydrogen-bond acceptors (Lipinski definition) is 5. The number of allylic oxidation sites excluding steroid dienone is 11. The summed E-state index contributed by atoms with van der Waals surface area (Å²) >= 11 is 0. The molecule has 0 heterocycles. The molecule has 0 aliphatic heterocycles. The van der Waals surface area contributed by atoms with Crippen molar-refractivity contribution in [3.05, 3.63) is 72.9 Å². The van der Waals surface area contributed by atoms with Crippen molar-refractivity contribution in [3.8, 4) is 0 Å². The van der Waals surface area contributed by atoms with E-state index in [1.165, 1.54) is 218 Å². The molecule has 1 amide bonds. The van der Waals surface area contributed by atoms with Crippen LogP contribution in [0, 0.1) is 0 Å². The minimum atomic E-state index is -4.36. The van der Waals surface area contributed by atoms with Crippen LogP contribution >= 0.6 is 7.82 Å². The molecule has 9 heteroatoms. The second kappa shape index (κ2) is 57.6. The Morgan fingerprint density at radius 1 is 0.447 bits per heavy atom. The van der Waals surface area contributed by atoms with Crippen LogP contribution in [0.25, 0.3) is 0 Å². The molecule has 0 aliphatic rings. The van der Waals surface area contributed by atoms with Crippen LogP contribution in [0.4, 0.5) is 0 Å². The van der Waals surface area contributed by atoms with Gasteiger partial charge < -0.3 is 19.8 Å². The normalized spacial score (nSPS) is 14.2. The highest BCUT2D eigenvalue weighted by atomic mass is 31.2. The third kappa shape index (κ3) is 59.6. The van der Waals surface area contributed by atoms with E-state index >= 15 is 0 Å². The van der Waals surface area contributed by atoms with Crippen LogP contribution < -0.4 is 5.32 Å². The van der Waals surface area contributed by atoms with Crippen LogP contribution in [-0.4, -0.2) is 73.4 Å². The lowest BCUT2D eigenvalue weighted by molar-refractivity contribution is -0.870. The minimum absolute atomic E-state index is 0.0524. The maximum Gasteiger partial charge on any atom is 0.472 e. The fourth-order valence-corrected chi connectivity index (χ4v) is 10.1. The number of unbranched alkanes of at least 4 members (excludes halogenated alkanes) is 36. The van der Waals surface area contributed by atoms with Crippen LogP contribution in [0.5, 0.6) is 0 Å². The topological polar surface area (TPSA) is 105 Å². The van der Waals surface area contributed by atoms with Crippen molar-refractivity contribution in [2.75, 3.05) is 40.9 Å². The van der Waals surface area contributed by atoms with E-state index in [-0.39, 0.29) is 19.1 Å². The number of phosphoric acid groups is 1. The number of phosphoric ester groups is 1. The highest BCUT2D eigenvalue weighted by Crippen LogP contribution is 2.43. The first kappa shape index (κ1) is 73.9. The van der Waals surface area contributed by atoms with Crippen LogP contribution in [-0.2, 0) is 18.4 Å². The van der Waals surface area contributed by atoms with Gasteiger partial charge in [-0.05, 0) is 83.5 Å². The number of nitrogens with zero attached hydrogens (tertiary/aromatic N) is 1. The summed E-state index contributed by atoms with van der Waals surface area (Å²) in [6.07, 6.45) is 80.3. The highest BCUT2D eigenvalue weighted by Gasteiger charge is 2.27. The smallest absolute Gasteiger partial charge is 0.387 e. The Hall–Kier alpha value is -2.06. The molecule has 0 aromatic heterocycles. The zero-order chi connectivity index (χ0) is 55.6. The Morgan fingerprint density at radius 3 is 1.14 bits per heavy atom. The van der Waals surface area contributed by atoms with Crippen molar-refractivity contribution in [1.29, 1.82) is 0 Å². The van der Waals surface area contributed by atoms with E-state index < -0.39 is 20.0 Å². The summed E-state index contributed by atoms with van der Waals surface area (Å²) in [6, 6.07) is -0.873. The van der Waals surface area contributed by atoms with Gasteiger partial charge in [0.1, 0.15) is 13.2 Å². The number of amides is 1. The van der Waals surface area contributed by atoms with Crippen molar-refractivity contribution >= 4 is 13.7 Å². The SMILES string of the molecule is CCCCCCC/C=C\C/C=C\C/C=C\CCCCCCCCCCCCCCCCCCCCC(=O)NC(COP(=O)(O)OCC[N+](C)(C)C)C(O)/C=C/CC/C=C/CC/C=C/CCCCCCCCCCCCC. The van der Waals surface area contributed by atoms with E-state index in [4.69, 9.17) is 9.05 Å². The summed E-state index contributed by atoms with van der Waals surface area (Å²) < 4.78 is 23.7. The van der Waals surface area contributed by atoms with Gasteiger partial charge in [0.15, 0.2) is 0 Å². The molecule has 3 N–H and O–H groups in total. The average Bonchev–Trinajstić information content (AvgIpc) is 3.38. The summed E-state index contributed by atoms with van der Waals surface area (Å²) in [5.74, 6) is -0.189. The number of carbonyl (C=O) groups excluding carboxylic acids is 1. The lowest BCUT2D eigenvalue weighted by Gasteiger charge is -2.25. The number of hydrogen-bond donors (Lipinski definition) is 3. The number of aliphatic hydroxyl groups is 1.